The molecule has 104 valence electrons. The van der Waals surface area contributed by atoms with Crippen molar-refractivity contribution in [2.45, 2.75) is 32.2 Å². The van der Waals surface area contributed by atoms with Gasteiger partial charge in [0.15, 0.2) is 0 Å². The highest BCUT2D eigenvalue weighted by molar-refractivity contribution is 5.15. The molecule has 1 atom stereocenters. The quantitative estimate of drug-likeness (QED) is 0.859. The van der Waals surface area contributed by atoms with Gasteiger partial charge in [-0.25, -0.2) is 0 Å². The Morgan fingerprint density at radius 1 is 1.32 bits per heavy atom. The first kappa shape index (κ1) is 13.8. The zero-order chi connectivity index (χ0) is 13.8. The molecule has 2 aromatic heterocycles. The van der Waals surface area contributed by atoms with Crippen molar-refractivity contribution in [3.63, 3.8) is 0 Å². The van der Waals surface area contributed by atoms with Gasteiger partial charge < -0.3 is 5.32 Å². The van der Waals surface area contributed by atoms with Gasteiger partial charge in [-0.15, -0.1) is 0 Å². The predicted molar refractivity (Wildman–Crippen MR) is 75.9 cm³/mol. The maximum absolute atomic E-state index is 4.52. The Kier molecular flexibility index (Phi) is 4.37. The van der Waals surface area contributed by atoms with Crippen LogP contribution in [0.5, 0.6) is 0 Å². The molecule has 0 bridgehead atoms. The van der Waals surface area contributed by atoms with Gasteiger partial charge in [0.1, 0.15) is 0 Å². The fourth-order valence-electron chi connectivity index (χ4n) is 2.42. The van der Waals surface area contributed by atoms with Gasteiger partial charge >= 0.3 is 0 Å². The smallest absolute Gasteiger partial charge is 0.0625 e. The largest absolute Gasteiger partial charge is 0.312 e. The van der Waals surface area contributed by atoms with Gasteiger partial charge in [-0.2, -0.15) is 10.2 Å². The van der Waals surface area contributed by atoms with E-state index in [1.54, 1.807) is 0 Å². The van der Waals surface area contributed by atoms with Crippen molar-refractivity contribution in [2.24, 2.45) is 14.1 Å². The van der Waals surface area contributed by atoms with Crippen LogP contribution in [0.15, 0.2) is 18.3 Å². The van der Waals surface area contributed by atoms with Crippen LogP contribution in [-0.2, 0) is 26.9 Å². The number of nitrogens with one attached hydrogen (secondary N) is 1. The molecule has 0 saturated heterocycles. The summed E-state index contributed by atoms with van der Waals surface area (Å²) in [6.07, 6.45) is 4.88. The molecular weight excluding hydrogens is 238 g/mol. The highest BCUT2D eigenvalue weighted by Gasteiger charge is 2.15. The maximum atomic E-state index is 4.52. The van der Waals surface area contributed by atoms with Gasteiger partial charge in [-0.1, -0.05) is 6.92 Å². The van der Waals surface area contributed by atoms with E-state index < -0.39 is 0 Å². The summed E-state index contributed by atoms with van der Waals surface area (Å²) in [7, 11) is 6.01. The Labute approximate surface area is 114 Å². The summed E-state index contributed by atoms with van der Waals surface area (Å²) in [6, 6.07) is 4.60. The number of hydrogen-bond acceptors (Lipinski definition) is 3. The molecule has 0 aliphatic rings. The molecule has 19 heavy (non-hydrogen) atoms. The van der Waals surface area contributed by atoms with Crippen molar-refractivity contribution in [1.82, 2.24) is 24.9 Å². The normalized spacial score (nSPS) is 12.8. The van der Waals surface area contributed by atoms with Crippen LogP contribution in [0.4, 0.5) is 0 Å². The van der Waals surface area contributed by atoms with Gasteiger partial charge in [-0.3, -0.25) is 9.36 Å². The molecular formula is C14H23N5. The van der Waals surface area contributed by atoms with Crippen LogP contribution in [0.1, 0.15) is 36.5 Å². The minimum atomic E-state index is 0.327. The summed E-state index contributed by atoms with van der Waals surface area (Å²) in [5.41, 5.74) is 3.66. The summed E-state index contributed by atoms with van der Waals surface area (Å²) >= 11 is 0. The Balaban J connectivity index is 2.07. The first-order valence-corrected chi connectivity index (χ1v) is 6.82. The van der Waals surface area contributed by atoms with Crippen LogP contribution in [0.2, 0.25) is 0 Å². The SMILES string of the molecule is CCc1cc(C(CCc2ccnn2C)NC)n(C)n1. The van der Waals surface area contributed by atoms with E-state index in [4.69, 9.17) is 0 Å². The Morgan fingerprint density at radius 3 is 2.63 bits per heavy atom. The third kappa shape index (κ3) is 3.04. The Morgan fingerprint density at radius 2 is 2.11 bits per heavy atom. The molecule has 2 rings (SSSR count). The highest BCUT2D eigenvalue weighted by atomic mass is 15.3. The summed E-state index contributed by atoms with van der Waals surface area (Å²) in [5, 5.41) is 12.1. The van der Waals surface area contributed by atoms with Gasteiger partial charge in [0, 0.05) is 32.0 Å². The summed E-state index contributed by atoms with van der Waals surface area (Å²) in [5.74, 6) is 0. The standard InChI is InChI=1S/C14H23N5/c1-5-11-10-14(19(4)17-11)13(15-2)7-6-12-8-9-16-18(12)3/h8-10,13,15H,5-7H2,1-4H3. The average Bonchev–Trinajstić information content (AvgIpc) is 2.97. The number of rotatable bonds is 6. The van der Waals surface area contributed by atoms with Crippen LogP contribution < -0.4 is 5.32 Å². The average molecular weight is 261 g/mol. The fraction of sp³-hybridized carbons (Fsp3) is 0.571. The van der Waals surface area contributed by atoms with E-state index in [9.17, 15) is 0 Å². The van der Waals surface area contributed by atoms with Gasteiger partial charge in [0.25, 0.3) is 0 Å². The van der Waals surface area contributed by atoms with Crippen molar-refractivity contribution in [3.8, 4) is 0 Å². The van der Waals surface area contributed by atoms with Crippen molar-refractivity contribution < 1.29 is 0 Å². The minimum Gasteiger partial charge on any atom is -0.312 e. The Bertz CT molecular complexity index is 526. The lowest BCUT2D eigenvalue weighted by Crippen LogP contribution is -2.20. The first-order chi connectivity index (χ1) is 9.15. The third-order valence-corrected chi connectivity index (χ3v) is 3.65. The van der Waals surface area contributed by atoms with Crippen LogP contribution in [-0.4, -0.2) is 26.6 Å². The number of aromatic nitrogens is 4. The second-order valence-electron chi connectivity index (χ2n) is 4.86. The summed E-state index contributed by atoms with van der Waals surface area (Å²) in [6.45, 7) is 2.14. The summed E-state index contributed by atoms with van der Waals surface area (Å²) in [4.78, 5) is 0. The van der Waals surface area contributed by atoms with E-state index in [1.807, 2.05) is 36.7 Å². The molecule has 0 saturated carbocycles. The molecule has 5 heteroatoms. The van der Waals surface area contributed by atoms with E-state index in [2.05, 4.69) is 34.6 Å². The molecule has 0 aromatic carbocycles. The van der Waals surface area contributed by atoms with E-state index in [0.29, 0.717) is 6.04 Å². The van der Waals surface area contributed by atoms with E-state index in [-0.39, 0.29) is 0 Å². The van der Waals surface area contributed by atoms with E-state index in [0.717, 1.165) is 25.0 Å². The van der Waals surface area contributed by atoms with Crippen molar-refractivity contribution in [3.05, 3.63) is 35.4 Å². The lowest BCUT2D eigenvalue weighted by Gasteiger charge is -2.16. The molecule has 0 aliphatic heterocycles. The molecule has 5 nitrogen and oxygen atoms in total. The molecule has 0 fully saturated rings. The molecule has 0 aliphatic carbocycles. The van der Waals surface area contributed by atoms with Gasteiger partial charge in [0.2, 0.25) is 0 Å². The molecule has 0 amide bonds. The molecule has 1 N–H and O–H groups in total. The van der Waals surface area contributed by atoms with Crippen LogP contribution in [0.3, 0.4) is 0 Å². The molecule has 1 unspecified atom stereocenters. The zero-order valence-corrected chi connectivity index (χ0v) is 12.2. The topological polar surface area (TPSA) is 47.7 Å². The monoisotopic (exact) mass is 261 g/mol. The highest BCUT2D eigenvalue weighted by Crippen LogP contribution is 2.19. The van der Waals surface area contributed by atoms with Crippen LogP contribution in [0.25, 0.3) is 0 Å². The second-order valence-corrected chi connectivity index (χ2v) is 4.86. The zero-order valence-electron chi connectivity index (χ0n) is 12.2. The van der Waals surface area contributed by atoms with Gasteiger partial charge in [-0.05, 0) is 38.4 Å². The lowest BCUT2D eigenvalue weighted by atomic mass is 10.1. The van der Waals surface area contributed by atoms with Crippen LogP contribution in [0, 0.1) is 0 Å². The van der Waals surface area contributed by atoms with Crippen molar-refractivity contribution in [1.29, 1.82) is 0 Å². The maximum Gasteiger partial charge on any atom is 0.0625 e. The Hall–Kier alpha value is -1.62. The molecule has 2 heterocycles. The number of nitrogens with zero attached hydrogens (tertiary/aromatic N) is 4. The van der Waals surface area contributed by atoms with E-state index >= 15 is 0 Å². The minimum absolute atomic E-state index is 0.327. The summed E-state index contributed by atoms with van der Waals surface area (Å²) < 4.78 is 3.93. The number of aryl methyl sites for hydroxylation is 4. The third-order valence-electron chi connectivity index (χ3n) is 3.65. The van der Waals surface area contributed by atoms with Crippen molar-refractivity contribution >= 4 is 0 Å². The molecule has 0 radical (unpaired) electrons. The molecule has 0 spiro atoms. The number of hydrogen-bond donors (Lipinski definition) is 1. The first-order valence-electron chi connectivity index (χ1n) is 6.82. The molecule has 2 aromatic rings. The predicted octanol–water partition coefficient (Wildman–Crippen LogP) is 1.61. The van der Waals surface area contributed by atoms with Crippen LogP contribution >= 0.6 is 0 Å². The lowest BCUT2D eigenvalue weighted by molar-refractivity contribution is 0.498. The fourth-order valence-corrected chi connectivity index (χ4v) is 2.42. The van der Waals surface area contributed by atoms with E-state index in [1.165, 1.54) is 11.4 Å². The van der Waals surface area contributed by atoms with Crippen molar-refractivity contribution in [2.75, 3.05) is 7.05 Å². The van der Waals surface area contributed by atoms with Gasteiger partial charge in [0.05, 0.1) is 11.4 Å². The second kappa shape index (κ2) is 6.02.